The Labute approximate surface area is 231 Å². The van der Waals surface area contributed by atoms with Gasteiger partial charge < -0.3 is 0 Å². The molecule has 0 aromatic heterocycles. The zero-order valence-electron chi connectivity index (χ0n) is 26.4. The summed E-state index contributed by atoms with van der Waals surface area (Å²) in [6.07, 6.45) is 1.25. The van der Waals surface area contributed by atoms with Crippen molar-refractivity contribution in [2.75, 3.05) is 0 Å². The van der Waals surface area contributed by atoms with Crippen molar-refractivity contribution in [2.24, 2.45) is 0 Å². The average molecular weight is 608 g/mol. The molecule has 4 rings (SSSR count). The fraction of sp³-hybridized carbons (Fsp3) is 0.429. The average Bonchev–Trinajstić information content (AvgIpc) is 2.93. The molecular formula is C35H60Te. The van der Waals surface area contributed by atoms with E-state index in [4.69, 9.17) is 0 Å². The standard InChI is InChI=1S/2C10H8.C4H12Te.C3H8.4C2H6/c2*1-2-6-10-8-4-3-7-9(10)5-1;1-5(2,3)4;1-3-2;4*1-2/h2*1-8H;1-4H3;3H2,1-2H3;4*1-2H3. The third-order valence-electron chi connectivity index (χ3n) is 3.32. The number of hydrogen-bond donors (Lipinski definition) is 0. The van der Waals surface area contributed by atoms with Crippen molar-refractivity contribution in [3.05, 3.63) is 97.1 Å². The summed E-state index contributed by atoms with van der Waals surface area (Å²) in [4.78, 5) is 9.51. The van der Waals surface area contributed by atoms with Gasteiger partial charge in [-0.1, -0.05) is 173 Å². The van der Waals surface area contributed by atoms with Gasteiger partial charge >= 0.3 is 38.1 Å². The quantitative estimate of drug-likeness (QED) is 0.174. The van der Waals surface area contributed by atoms with Gasteiger partial charge in [0.05, 0.1) is 0 Å². The molecule has 0 aliphatic carbocycles. The maximum Gasteiger partial charge on any atom is -0.0184 e. The van der Waals surface area contributed by atoms with Gasteiger partial charge in [-0.05, 0) is 21.5 Å². The summed E-state index contributed by atoms with van der Waals surface area (Å²) in [5, 5.41) is 5.24. The first kappa shape index (κ1) is 41.3. The Morgan fingerprint density at radius 1 is 0.361 bits per heavy atom. The first-order chi connectivity index (χ1) is 17.3. The van der Waals surface area contributed by atoms with Crippen LogP contribution in [0.15, 0.2) is 97.1 Å². The molecule has 4 aromatic carbocycles. The monoisotopic (exact) mass is 610 g/mol. The molecule has 0 atom stereocenters. The van der Waals surface area contributed by atoms with Crippen LogP contribution < -0.4 is 0 Å². The molecule has 0 fully saturated rings. The number of benzene rings is 4. The molecule has 0 nitrogen and oxygen atoms in total. The minimum atomic E-state index is -1.02. The van der Waals surface area contributed by atoms with E-state index in [0.29, 0.717) is 0 Å². The summed E-state index contributed by atoms with van der Waals surface area (Å²) in [6, 6.07) is 33.4. The first-order valence-corrected chi connectivity index (χ1v) is 23.2. The molecule has 206 valence electrons. The van der Waals surface area contributed by atoms with E-state index in [1.165, 1.54) is 28.0 Å². The second kappa shape index (κ2) is 31.2. The zero-order chi connectivity index (χ0) is 28.8. The molecule has 0 aliphatic heterocycles. The number of rotatable bonds is 0. The van der Waals surface area contributed by atoms with Crippen LogP contribution in [0, 0.1) is 0 Å². The van der Waals surface area contributed by atoms with Gasteiger partial charge in [0.25, 0.3) is 0 Å². The molecule has 0 amide bonds. The molecule has 0 radical (unpaired) electrons. The summed E-state index contributed by atoms with van der Waals surface area (Å²) in [5.41, 5.74) is 0. The Morgan fingerprint density at radius 3 is 0.528 bits per heavy atom. The first-order valence-electron chi connectivity index (χ1n) is 13.9. The Hall–Kier alpha value is -1.81. The molecular weight excluding hydrogens is 548 g/mol. The van der Waals surface area contributed by atoms with Gasteiger partial charge in [0.2, 0.25) is 0 Å². The largest absolute Gasteiger partial charge is 0.0616 e. The third-order valence-corrected chi connectivity index (χ3v) is 3.32. The molecule has 0 saturated heterocycles. The Bertz CT molecular complexity index is 712. The van der Waals surface area contributed by atoms with E-state index in [0.717, 1.165) is 0 Å². The van der Waals surface area contributed by atoms with E-state index < -0.39 is 18.2 Å². The maximum absolute atomic E-state index is 2.38. The van der Waals surface area contributed by atoms with Crippen LogP contribution >= 0.6 is 0 Å². The van der Waals surface area contributed by atoms with Crippen molar-refractivity contribution in [3.8, 4) is 0 Å². The van der Waals surface area contributed by atoms with Gasteiger partial charge in [-0.3, -0.25) is 0 Å². The van der Waals surface area contributed by atoms with Crippen molar-refractivity contribution in [1.29, 1.82) is 0 Å². The molecule has 0 unspecified atom stereocenters. The summed E-state index contributed by atoms with van der Waals surface area (Å²) in [6.45, 7) is 20.2. The van der Waals surface area contributed by atoms with Gasteiger partial charge in [-0.2, -0.15) is 0 Å². The molecule has 1 heteroatoms. The summed E-state index contributed by atoms with van der Waals surface area (Å²) >= 11 is -1.02. The van der Waals surface area contributed by atoms with Crippen molar-refractivity contribution >= 4 is 39.7 Å². The van der Waals surface area contributed by atoms with Crippen LogP contribution in [0.1, 0.15) is 75.7 Å². The number of fused-ring (bicyclic) bond motifs is 2. The van der Waals surface area contributed by atoms with Crippen molar-refractivity contribution in [3.63, 3.8) is 0 Å². The van der Waals surface area contributed by atoms with Crippen molar-refractivity contribution < 1.29 is 0 Å². The molecule has 0 heterocycles. The van der Waals surface area contributed by atoms with Crippen LogP contribution in [0.4, 0.5) is 0 Å². The van der Waals surface area contributed by atoms with Crippen molar-refractivity contribution in [1.82, 2.24) is 0 Å². The fourth-order valence-corrected chi connectivity index (χ4v) is 2.27. The smallest absolute Gasteiger partial charge is 0.0184 e. The topological polar surface area (TPSA) is 0 Å². The Balaban J connectivity index is -0.000000185. The minimum Gasteiger partial charge on any atom is -0.0616 e. The van der Waals surface area contributed by atoms with E-state index >= 15 is 0 Å². The van der Waals surface area contributed by atoms with E-state index in [-0.39, 0.29) is 0 Å². The molecule has 0 spiro atoms. The van der Waals surface area contributed by atoms with Crippen LogP contribution in [0.25, 0.3) is 21.5 Å². The zero-order valence-corrected chi connectivity index (χ0v) is 28.7. The predicted molar refractivity (Wildman–Crippen MR) is 178 cm³/mol. The molecule has 4 aromatic rings. The van der Waals surface area contributed by atoms with E-state index in [1.54, 1.807) is 0 Å². The summed E-state index contributed by atoms with van der Waals surface area (Å²) in [7, 11) is 0. The van der Waals surface area contributed by atoms with E-state index in [1.807, 2.05) is 55.4 Å². The second-order valence-electron chi connectivity index (χ2n) is 7.85. The normalized spacial score (nSPS) is 8.83. The summed E-state index contributed by atoms with van der Waals surface area (Å²) < 4.78 is 0. The number of hydrogen-bond acceptors (Lipinski definition) is 0. The maximum atomic E-state index is 2.38. The van der Waals surface area contributed by atoms with Crippen LogP contribution in [0.2, 0.25) is 19.9 Å². The van der Waals surface area contributed by atoms with Crippen LogP contribution in [0.5, 0.6) is 0 Å². The molecule has 0 aliphatic rings. The SMILES string of the molecule is CC.CC.CC.CC.CCC.C[Te](C)(C)C.c1ccc2ccccc2c1.c1ccc2ccccc2c1. The minimum absolute atomic E-state index is 1.02. The van der Waals surface area contributed by atoms with Crippen LogP contribution in [0.3, 0.4) is 0 Å². The van der Waals surface area contributed by atoms with Gasteiger partial charge in [-0.15, -0.1) is 0 Å². The van der Waals surface area contributed by atoms with Gasteiger partial charge in [0.1, 0.15) is 0 Å². The van der Waals surface area contributed by atoms with Crippen molar-refractivity contribution in [2.45, 2.75) is 95.5 Å². The molecule has 36 heavy (non-hydrogen) atoms. The van der Waals surface area contributed by atoms with Gasteiger partial charge in [-0.25, -0.2) is 0 Å². The molecule has 0 N–H and O–H groups in total. The summed E-state index contributed by atoms with van der Waals surface area (Å²) in [5.74, 6) is 0. The van der Waals surface area contributed by atoms with Crippen LogP contribution in [-0.2, 0) is 0 Å². The Morgan fingerprint density at radius 2 is 0.444 bits per heavy atom. The van der Waals surface area contributed by atoms with Crippen LogP contribution in [-0.4, -0.2) is 18.2 Å². The van der Waals surface area contributed by atoms with E-state index in [2.05, 4.69) is 131 Å². The Kier molecular flexibility index (Phi) is 35.8. The molecule has 0 bridgehead atoms. The third kappa shape index (κ3) is 26.8. The second-order valence-corrected chi connectivity index (χ2v) is 21.8. The fourth-order valence-electron chi connectivity index (χ4n) is 2.27. The van der Waals surface area contributed by atoms with E-state index in [9.17, 15) is 0 Å². The van der Waals surface area contributed by atoms with Gasteiger partial charge in [0.15, 0.2) is 0 Å². The molecule has 0 saturated carbocycles. The predicted octanol–water partition coefficient (Wildman–Crippen LogP) is 13.2. The van der Waals surface area contributed by atoms with Gasteiger partial charge in [0, 0.05) is 0 Å².